The Morgan fingerprint density at radius 2 is 1.88 bits per heavy atom. The number of benzene rings is 1. The molecule has 7 nitrogen and oxygen atoms in total. The molecule has 3 atom stereocenters. The monoisotopic (exact) mass is 470 g/mol. The summed E-state index contributed by atoms with van der Waals surface area (Å²) in [5.74, 6) is 0.115. The van der Waals surface area contributed by atoms with Crippen molar-refractivity contribution < 1.29 is 13.5 Å². The Labute approximate surface area is 196 Å². The fraction of sp³-hybridized carbons (Fsp3) is 0.560. The maximum absolute atomic E-state index is 13.3. The molecule has 0 saturated carbocycles. The predicted octanol–water partition coefficient (Wildman–Crippen LogP) is 2.99. The highest BCUT2D eigenvalue weighted by Gasteiger charge is 2.50. The third-order valence-electron chi connectivity index (χ3n) is 7.58. The number of aliphatic hydroxyl groups excluding tert-OH is 1. The molecule has 0 spiro atoms. The van der Waals surface area contributed by atoms with E-state index in [-0.39, 0.29) is 29.6 Å². The van der Waals surface area contributed by atoms with Crippen molar-refractivity contribution in [2.75, 3.05) is 26.2 Å². The predicted molar refractivity (Wildman–Crippen MR) is 128 cm³/mol. The van der Waals surface area contributed by atoms with Crippen molar-refractivity contribution in [3.63, 3.8) is 0 Å². The van der Waals surface area contributed by atoms with E-state index in [0.717, 1.165) is 32.2 Å². The average Bonchev–Trinajstić information content (AvgIpc) is 3.26. The van der Waals surface area contributed by atoms with Crippen LogP contribution in [0.4, 0.5) is 0 Å². The highest BCUT2D eigenvalue weighted by Crippen LogP contribution is 2.43. The molecule has 0 bridgehead atoms. The van der Waals surface area contributed by atoms with Gasteiger partial charge in [-0.2, -0.15) is 4.31 Å². The third kappa shape index (κ3) is 4.30. The van der Waals surface area contributed by atoms with Gasteiger partial charge in [0.2, 0.25) is 0 Å². The van der Waals surface area contributed by atoms with Crippen LogP contribution >= 0.6 is 0 Å². The number of hydrogen-bond donors (Lipinski definition) is 1. The summed E-state index contributed by atoms with van der Waals surface area (Å²) in [7, 11) is -1.87. The van der Waals surface area contributed by atoms with E-state index >= 15 is 0 Å². The van der Waals surface area contributed by atoms with Gasteiger partial charge in [0.05, 0.1) is 12.9 Å². The Bertz CT molecular complexity index is 1110. The summed E-state index contributed by atoms with van der Waals surface area (Å²) in [5.41, 5.74) is 3.90. The first-order valence-electron chi connectivity index (χ1n) is 12.1. The summed E-state index contributed by atoms with van der Waals surface area (Å²) in [6, 6.07) is 8.87. The summed E-state index contributed by atoms with van der Waals surface area (Å²) >= 11 is 0. The smallest absolute Gasteiger partial charge is 0.262 e. The lowest BCUT2D eigenvalue weighted by atomic mass is 9.74. The number of rotatable bonds is 5. The lowest BCUT2D eigenvalue weighted by Crippen LogP contribution is -2.67. The number of allylic oxidation sites excluding steroid dienone is 2. The Morgan fingerprint density at radius 3 is 2.55 bits per heavy atom. The van der Waals surface area contributed by atoms with Gasteiger partial charge in [-0.05, 0) is 61.8 Å². The topological polar surface area (TPSA) is 78.7 Å². The van der Waals surface area contributed by atoms with E-state index in [4.69, 9.17) is 0 Å². The minimum absolute atomic E-state index is 0.0345. The van der Waals surface area contributed by atoms with E-state index < -0.39 is 10.0 Å². The van der Waals surface area contributed by atoms with Crippen LogP contribution in [0.3, 0.4) is 0 Å². The molecule has 1 aromatic heterocycles. The minimum Gasteiger partial charge on any atom is -0.395 e. The molecule has 0 radical (unpaired) electrons. The highest BCUT2D eigenvalue weighted by atomic mass is 32.2. The van der Waals surface area contributed by atoms with Crippen LogP contribution in [0.1, 0.15) is 55.6 Å². The van der Waals surface area contributed by atoms with Crippen molar-refractivity contribution >= 4 is 15.6 Å². The van der Waals surface area contributed by atoms with Gasteiger partial charge in [-0.3, -0.25) is 4.90 Å². The van der Waals surface area contributed by atoms with Crippen molar-refractivity contribution in [2.45, 2.75) is 61.6 Å². The van der Waals surface area contributed by atoms with Crippen LogP contribution in [0.15, 0.2) is 47.9 Å². The van der Waals surface area contributed by atoms with Gasteiger partial charge in [-0.25, -0.2) is 13.4 Å². The summed E-state index contributed by atoms with van der Waals surface area (Å²) in [6.45, 7) is 1.91. The maximum atomic E-state index is 13.3. The third-order valence-corrected chi connectivity index (χ3v) is 9.33. The van der Waals surface area contributed by atoms with Crippen LogP contribution < -0.4 is 0 Å². The fourth-order valence-corrected chi connectivity index (χ4v) is 7.26. The Kier molecular flexibility index (Phi) is 6.44. The quantitative estimate of drug-likeness (QED) is 0.727. The second-order valence-corrected chi connectivity index (χ2v) is 11.5. The molecule has 1 aliphatic carbocycles. The van der Waals surface area contributed by atoms with Crippen LogP contribution in [0.2, 0.25) is 0 Å². The number of aryl methyl sites for hydroxylation is 1. The number of aromatic nitrogens is 2. The summed E-state index contributed by atoms with van der Waals surface area (Å²) in [6.07, 6.45) is 12.0. The van der Waals surface area contributed by atoms with Crippen molar-refractivity contribution in [2.24, 2.45) is 7.05 Å². The van der Waals surface area contributed by atoms with Crippen LogP contribution in [-0.2, 0) is 17.1 Å². The van der Waals surface area contributed by atoms with E-state index in [1.54, 1.807) is 22.1 Å². The van der Waals surface area contributed by atoms with E-state index in [9.17, 15) is 13.5 Å². The number of aliphatic hydroxyl groups is 1. The molecule has 2 saturated heterocycles. The number of hydrogen-bond acceptors (Lipinski definition) is 5. The van der Waals surface area contributed by atoms with Crippen LogP contribution in [0.5, 0.6) is 0 Å². The van der Waals surface area contributed by atoms with Gasteiger partial charge in [-0.1, -0.05) is 30.3 Å². The molecule has 2 fully saturated rings. The van der Waals surface area contributed by atoms with E-state index in [1.165, 1.54) is 35.9 Å². The van der Waals surface area contributed by atoms with Gasteiger partial charge in [0.1, 0.15) is 0 Å². The molecule has 1 aromatic carbocycles. The largest absolute Gasteiger partial charge is 0.395 e. The summed E-state index contributed by atoms with van der Waals surface area (Å²) in [5, 5.41) is 10.3. The number of sulfonamides is 1. The van der Waals surface area contributed by atoms with E-state index in [0.29, 0.717) is 13.1 Å². The first kappa shape index (κ1) is 22.8. The van der Waals surface area contributed by atoms with Crippen molar-refractivity contribution in [1.29, 1.82) is 0 Å². The molecular weight excluding hydrogens is 436 g/mol. The highest BCUT2D eigenvalue weighted by molar-refractivity contribution is 7.89. The minimum atomic E-state index is -3.65. The molecule has 2 aromatic rings. The molecule has 1 N–H and O–H groups in total. The standard InChI is InChI=1S/C25H34N4O3S/c1-27-16-24(26-18-27)33(31,32)28-13-5-6-14-29-22(15-28)25(23(29)17-30)21-11-9-20(10-12-21)19-7-3-2-4-8-19/h7,9-12,16,18,22-23,25,30H,2-6,8,13-15,17H2,1H3/t22-,23+,25+/m0/s1. The number of nitrogens with zero attached hydrogens (tertiary/aromatic N) is 4. The van der Waals surface area contributed by atoms with Gasteiger partial charge in [-0.15, -0.1) is 0 Å². The first-order valence-corrected chi connectivity index (χ1v) is 13.6. The molecule has 178 valence electrons. The van der Waals surface area contributed by atoms with Crippen LogP contribution in [0, 0.1) is 0 Å². The van der Waals surface area contributed by atoms with Crippen LogP contribution in [-0.4, -0.2) is 70.6 Å². The zero-order valence-electron chi connectivity index (χ0n) is 19.3. The second kappa shape index (κ2) is 9.33. The van der Waals surface area contributed by atoms with Gasteiger partial charge < -0.3 is 9.67 Å². The maximum Gasteiger partial charge on any atom is 0.262 e. The van der Waals surface area contributed by atoms with Gasteiger partial charge in [0.15, 0.2) is 5.03 Å². The van der Waals surface area contributed by atoms with Crippen molar-refractivity contribution in [3.8, 4) is 0 Å². The molecular formula is C25H34N4O3S. The van der Waals surface area contributed by atoms with Crippen molar-refractivity contribution in [1.82, 2.24) is 18.8 Å². The van der Waals surface area contributed by atoms with E-state index in [1.807, 2.05) is 0 Å². The lowest BCUT2D eigenvalue weighted by molar-refractivity contribution is -0.0554. The van der Waals surface area contributed by atoms with Gasteiger partial charge in [0.25, 0.3) is 10.0 Å². The normalized spacial score (nSPS) is 27.2. The molecule has 0 unspecified atom stereocenters. The molecule has 8 heteroatoms. The summed E-state index contributed by atoms with van der Waals surface area (Å²) < 4.78 is 29.9. The Balaban J connectivity index is 1.40. The molecule has 33 heavy (non-hydrogen) atoms. The SMILES string of the molecule is Cn1cnc(S(=O)(=O)N2CCCCN3[C@H](CO)[C@H](c4ccc(C5=CCCCC5)cc4)[C@@H]3C2)c1. The molecule has 0 amide bonds. The zero-order chi connectivity index (χ0) is 23.0. The van der Waals surface area contributed by atoms with Crippen LogP contribution in [0.25, 0.3) is 5.57 Å². The molecule has 3 aliphatic rings. The second-order valence-electron chi connectivity index (χ2n) is 9.63. The number of fused-ring (bicyclic) bond motifs is 1. The summed E-state index contributed by atoms with van der Waals surface area (Å²) in [4.78, 5) is 6.42. The lowest BCUT2D eigenvalue weighted by Gasteiger charge is -2.57. The molecule has 2 aliphatic heterocycles. The zero-order valence-corrected chi connectivity index (χ0v) is 20.1. The number of imidazole rings is 1. The van der Waals surface area contributed by atoms with Crippen molar-refractivity contribution in [3.05, 3.63) is 54.0 Å². The first-order chi connectivity index (χ1) is 16.0. The van der Waals surface area contributed by atoms with E-state index in [2.05, 4.69) is 40.2 Å². The molecule has 3 heterocycles. The van der Waals surface area contributed by atoms with Gasteiger partial charge >= 0.3 is 0 Å². The Morgan fingerprint density at radius 1 is 1.09 bits per heavy atom. The average molecular weight is 471 g/mol. The fourth-order valence-electron chi connectivity index (χ4n) is 5.80. The molecule has 5 rings (SSSR count). The van der Waals surface area contributed by atoms with Gasteiger partial charge in [0, 0.05) is 44.3 Å². The Hall–Kier alpha value is -2.00.